The Morgan fingerprint density at radius 1 is 1.21 bits per heavy atom. The lowest BCUT2D eigenvalue weighted by atomic mass is 10.1. The summed E-state index contributed by atoms with van der Waals surface area (Å²) in [5, 5.41) is 2.94. The maximum atomic E-state index is 12.5. The zero-order valence-electron chi connectivity index (χ0n) is 14.0. The number of hydrogen-bond acceptors (Lipinski definition) is 3. The summed E-state index contributed by atoms with van der Waals surface area (Å²) in [5.41, 5.74) is 3.24. The van der Waals surface area contributed by atoms with Crippen LogP contribution >= 0.6 is 0 Å². The van der Waals surface area contributed by atoms with Gasteiger partial charge in [0.05, 0.1) is 6.54 Å². The van der Waals surface area contributed by atoms with Gasteiger partial charge in [-0.05, 0) is 30.5 Å². The maximum absolute atomic E-state index is 12.5. The van der Waals surface area contributed by atoms with Gasteiger partial charge in [-0.3, -0.25) is 4.90 Å². The highest BCUT2D eigenvalue weighted by Crippen LogP contribution is 2.29. The van der Waals surface area contributed by atoms with Crippen molar-refractivity contribution in [3.63, 3.8) is 0 Å². The standard InChI is InChI=1S/C17H24F2N4O/c1-21-8-5-13-3-4-14(11-15(13)21)20-17(24)23-7-2-6-22(9-10-23)12-16(18)19/h3-4,11,16H,2,5-10,12H2,1H3,(H,20,24). The molecule has 2 heterocycles. The number of urea groups is 1. The zero-order valence-corrected chi connectivity index (χ0v) is 14.0. The Balaban J connectivity index is 1.58. The predicted molar refractivity (Wildman–Crippen MR) is 91.1 cm³/mol. The summed E-state index contributed by atoms with van der Waals surface area (Å²) < 4.78 is 25.0. The summed E-state index contributed by atoms with van der Waals surface area (Å²) in [4.78, 5) is 18.1. The Morgan fingerprint density at radius 2 is 2.04 bits per heavy atom. The molecule has 1 saturated heterocycles. The number of carbonyl (C=O) groups is 1. The average molecular weight is 338 g/mol. The lowest BCUT2D eigenvalue weighted by molar-refractivity contribution is 0.0905. The molecule has 0 atom stereocenters. The van der Waals surface area contributed by atoms with E-state index in [1.165, 1.54) is 5.56 Å². The molecule has 0 aromatic heterocycles. The number of hydrogen-bond donors (Lipinski definition) is 1. The number of rotatable bonds is 3. The topological polar surface area (TPSA) is 38.8 Å². The van der Waals surface area contributed by atoms with Gasteiger partial charge in [-0.2, -0.15) is 0 Å². The molecule has 1 aromatic rings. The van der Waals surface area contributed by atoms with Gasteiger partial charge in [0.15, 0.2) is 0 Å². The monoisotopic (exact) mass is 338 g/mol. The minimum Gasteiger partial charge on any atom is -0.374 e. The lowest BCUT2D eigenvalue weighted by Gasteiger charge is -2.22. The van der Waals surface area contributed by atoms with Crippen molar-refractivity contribution in [3.8, 4) is 0 Å². The highest BCUT2D eigenvalue weighted by Gasteiger charge is 2.22. The number of anilines is 2. The van der Waals surface area contributed by atoms with Gasteiger partial charge in [0.1, 0.15) is 0 Å². The summed E-state index contributed by atoms with van der Waals surface area (Å²) in [6, 6.07) is 5.83. The van der Waals surface area contributed by atoms with Crippen molar-refractivity contribution in [1.82, 2.24) is 9.80 Å². The molecule has 2 aliphatic rings. The minimum atomic E-state index is -2.33. The summed E-state index contributed by atoms with van der Waals surface area (Å²) in [5.74, 6) is 0. The van der Waals surface area contributed by atoms with Crippen LogP contribution in [0, 0.1) is 0 Å². The van der Waals surface area contributed by atoms with E-state index in [0.717, 1.165) is 24.3 Å². The predicted octanol–water partition coefficient (Wildman–Crippen LogP) is 2.48. The van der Waals surface area contributed by atoms with Crippen LogP contribution < -0.4 is 10.2 Å². The SMILES string of the molecule is CN1CCc2ccc(NC(=O)N3CCCN(CC(F)F)CC3)cc21. The Labute approximate surface area is 141 Å². The van der Waals surface area contributed by atoms with Crippen LogP contribution in [0.4, 0.5) is 25.0 Å². The molecule has 0 radical (unpaired) electrons. The van der Waals surface area contributed by atoms with E-state index in [-0.39, 0.29) is 12.6 Å². The van der Waals surface area contributed by atoms with Crippen molar-refractivity contribution in [2.75, 3.05) is 56.5 Å². The number of amides is 2. The van der Waals surface area contributed by atoms with E-state index in [4.69, 9.17) is 0 Å². The smallest absolute Gasteiger partial charge is 0.321 e. The van der Waals surface area contributed by atoms with Gasteiger partial charge in [0.2, 0.25) is 0 Å². The Bertz CT molecular complexity index is 596. The first-order chi connectivity index (χ1) is 11.5. The minimum absolute atomic E-state index is 0.158. The first-order valence-electron chi connectivity index (χ1n) is 8.43. The van der Waals surface area contributed by atoms with Gasteiger partial charge >= 0.3 is 6.03 Å². The van der Waals surface area contributed by atoms with Gasteiger partial charge in [0.25, 0.3) is 6.43 Å². The van der Waals surface area contributed by atoms with Gasteiger partial charge in [-0.15, -0.1) is 0 Å². The number of halogens is 2. The first kappa shape index (κ1) is 17.0. The molecule has 2 amide bonds. The van der Waals surface area contributed by atoms with Crippen LogP contribution in [0.1, 0.15) is 12.0 Å². The van der Waals surface area contributed by atoms with Crippen molar-refractivity contribution in [1.29, 1.82) is 0 Å². The van der Waals surface area contributed by atoms with E-state index in [1.54, 1.807) is 9.80 Å². The quantitative estimate of drug-likeness (QED) is 0.920. The molecule has 1 N–H and O–H groups in total. The third-order valence-electron chi connectivity index (χ3n) is 4.74. The Morgan fingerprint density at radius 3 is 2.83 bits per heavy atom. The van der Waals surface area contributed by atoms with Crippen LogP contribution in [0.15, 0.2) is 18.2 Å². The number of benzene rings is 1. The molecule has 1 aromatic carbocycles. The number of nitrogens with zero attached hydrogens (tertiary/aromatic N) is 3. The number of carbonyl (C=O) groups excluding carboxylic acids is 1. The largest absolute Gasteiger partial charge is 0.374 e. The average Bonchev–Trinajstić information content (AvgIpc) is 2.76. The van der Waals surface area contributed by atoms with Crippen molar-refractivity contribution < 1.29 is 13.6 Å². The highest BCUT2D eigenvalue weighted by atomic mass is 19.3. The molecule has 5 nitrogen and oxygen atoms in total. The molecule has 24 heavy (non-hydrogen) atoms. The molecule has 0 spiro atoms. The molecular formula is C17H24F2N4O. The van der Waals surface area contributed by atoms with Crippen molar-refractivity contribution in [2.24, 2.45) is 0 Å². The van der Waals surface area contributed by atoms with Crippen LogP contribution in [0.25, 0.3) is 0 Å². The van der Waals surface area contributed by atoms with E-state index in [2.05, 4.69) is 16.3 Å². The normalized spacial score (nSPS) is 18.7. The third kappa shape index (κ3) is 3.95. The molecule has 0 aliphatic carbocycles. The van der Waals surface area contributed by atoms with Crippen LogP contribution in [-0.2, 0) is 6.42 Å². The Kier molecular flexibility index (Phi) is 5.18. The van der Waals surface area contributed by atoms with Crippen LogP contribution in [0.2, 0.25) is 0 Å². The molecule has 2 aliphatic heterocycles. The summed E-state index contributed by atoms with van der Waals surface area (Å²) in [6.07, 6.45) is -0.576. The summed E-state index contributed by atoms with van der Waals surface area (Å²) >= 11 is 0. The third-order valence-corrected chi connectivity index (χ3v) is 4.74. The lowest BCUT2D eigenvalue weighted by Crippen LogP contribution is -2.38. The van der Waals surface area contributed by atoms with E-state index in [9.17, 15) is 13.6 Å². The fourth-order valence-electron chi connectivity index (χ4n) is 3.37. The highest BCUT2D eigenvalue weighted by molar-refractivity contribution is 5.90. The summed E-state index contributed by atoms with van der Waals surface area (Å²) in [7, 11) is 2.05. The van der Waals surface area contributed by atoms with Gasteiger partial charge in [0, 0.05) is 51.1 Å². The van der Waals surface area contributed by atoms with Crippen molar-refractivity contribution in [3.05, 3.63) is 23.8 Å². The van der Waals surface area contributed by atoms with Crippen LogP contribution in [0.3, 0.4) is 0 Å². The van der Waals surface area contributed by atoms with Crippen LogP contribution in [0.5, 0.6) is 0 Å². The molecule has 0 bridgehead atoms. The molecule has 0 unspecified atom stereocenters. The van der Waals surface area contributed by atoms with E-state index in [1.807, 2.05) is 19.2 Å². The molecule has 3 rings (SSSR count). The second-order valence-corrected chi connectivity index (χ2v) is 6.48. The van der Waals surface area contributed by atoms with Gasteiger partial charge < -0.3 is 15.1 Å². The first-order valence-corrected chi connectivity index (χ1v) is 8.43. The molecule has 132 valence electrons. The zero-order chi connectivity index (χ0) is 17.1. The van der Waals surface area contributed by atoms with Gasteiger partial charge in [-0.25, -0.2) is 13.6 Å². The van der Waals surface area contributed by atoms with E-state index >= 15 is 0 Å². The van der Waals surface area contributed by atoms with E-state index in [0.29, 0.717) is 32.6 Å². The van der Waals surface area contributed by atoms with Crippen LogP contribution in [-0.4, -0.2) is 68.6 Å². The number of likely N-dealkylation sites (N-methyl/N-ethyl adjacent to an activating group) is 1. The number of fused-ring (bicyclic) bond motifs is 1. The number of alkyl halides is 2. The molecule has 1 fully saturated rings. The Hall–Kier alpha value is -1.89. The molecule has 7 heteroatoms. The van der Waals surface area contributed by atoms with Gasteiger partial charge in [-0.1, -0.05) is 6.07 Å². The summed E-state index contributed by atoms with van der Waals surface area (Å²) in [6.45, 7) is 2.95. The fourth-order valence-corrected chi connectivity index (χ4v) is 3.37. The number of nitrogens with one attached hydrogen (secondary N) is 1. The molecular weight excluding hydrogens is 314 g/mol. The maximum Gasteiger partial charge on any atom is 0.321 e. The van der Waals surface area contributed by atoms with Crippen molar-refractivity contribution in [2.45, 2.75) is 19.3 Å². The van der Waals surface area contributed by atoms with E-state index < -0.39 is 6.43 Å². The van der Waals surface area contributed by atoms with Crippen molar-refractivity contribution >= 4 is 17.4 Å². The fraction of sp³-hybridized carbons (Fsp3) is 0.588. The second kappa shape index (κ2) is 7.34. The molecule has 0 saturated carbocycles. The second-order valence-electron chi connectivity index (χ2n) is 6.48.